The van der Waals surface area contributed by atoms with E-state index in [1.54, 1.807) is 18.2 Å². The molecule has 1 fully saturated rings. The Morgan fingerprint density at radius 1 is 1.50 bits per heavy atom. The van der Waals surface area contributed by atoms with Crippen molar-refractivity contribution >= 4 is 22.5 Å². The summed E-state index contributed by atoms with van der Waals surface area (Å²) in [5, 5.41) is 11.4. The van der Waals surface area contributed by atoms with Crippen LogP contribution in [0.2, 0.25) is 5.02 Å². The molecule has 0 bridgehead atoms. The van der Waals surface area contributed by atoms with Crippen LogP contribution in [-0.4, -0.2) is 33.5 Å². The fourth-order valence-corrected chi connectivity index (χ4v) is 2.70. The van der Waals surface area contributed by atoms with Gasteiger partial charge in [0.15, 0.2) is 0 Å². The highest BCUT2D eigenvalue weighted by molar-refractivity contribution is 6.31. The summed E-state index contributed by atoms with van der Waals surface area (Å²) in [6.45, 7) is 1.08. The molecule has 20 heavy (non-hydrogen) atoms. The van der Waals surface area contributed by atoms with Crippen molar-refractivity contribution in [2.24, 2.45) is 0 Å². The fraction of sp³-hybridized carbons (Fsp3) is 0.429. The van der Waals surface area contributed by atoms with Crippen molar-refractivity contribution in [3.8, 4) is 0 Å². The first-order valence-corrected chi connectivity index (χ1v) is 6.90. The van der Waals surface area contributed by atoms with Gasteiger partial charge in [0, 0.05) is 11.6 Å². The van der Waals surface area contributed by atoms with E-state index in [-0.39, 0.29) is 18.7 Å². The molecule has 0 spiro atoms. The molecule has 2 aromatic rings. The van der Waals surface area contributed by atoms with Gasteiger partial charge < -0.3 is 9.84 Å². The average molecular weight is 295 g/mol. The predicted octanol–water partition coefficient (Wildman–Crippen LogP) is 1.59. The number of fused-ring (bicyclic) bond motifs is 1. The van der Waals surface area contributed by atoms with E-state index in [1.165, 1.54) is 10.9 Å². The van der Waals surface area contributed by atoms with Crippen molar-refractivity contribution in [1.29, 1.82) is 0 Å². The van der Waals surface area contributed by atoms with Crippen LogP contribution in [0, 0.1) is 0 Å². The summed E-state index contributed by atoms with van der Waals surface area (Å²) in [7, 11) is 0. The Labute approximate surface area is 120 Å². The number of benzene rings is 1. The summed E-state index contributed by atoms with van der Waals surface area (Å²) in [6.07, 6.45) is 2.87. The molecule has 1 unspecified atom stereocenters. The second-order valence-corrected chi connectivity index (χ2v) is 5.66. The number of halogens is 1. The third kappa shape index (κ3) is 2.57. The first-order chi connectivity index (χ1) is 9.57. The highest BCUT2D eigenvalue weighted by atomic mass is 35.5. The zero-order valence-electron chi connectivity index (χ0n) is 10.9. The lowest BCUT2D eigenvalue weighted by Crippen LogP contribution is -2.44. The molecule has 106 valence electrons. The number of rotatable bonds is 2. The van der Waals surface area contributed by atoms with E-state index in [9.17, 15) is 9.90 Å². The quantitative estimate of drug-likeness (QED) is 0.913. The second kappa shape index (κ2) is 5.16. The molecule has 6 heteroatoms. The summed E-state index contributed by atoms with van der Waals surface area (Å²) in [6, 6.07) is 5.01. The Morgan fingerprint density at radius 3 is 3.10 bits per heavy atom. The third-order valence-electron chi connectivity index (χ3n) is 3.55. The summed E-state index contributed by atoms with van der Waals surface area (Å²) < 4.78 is 6.72. The molecule has 0 radical (unpaired) electrons. The summed E-state index contributed by atoms with van der Waals surface area (Å²) >= 11 is 5.92. The molecule has 1 aliphatic rings. The minimum absolute atomic E-state index is 0.182. The number of aliphatic hydroxyl groups is 1. The van der Waals surface area contributed by atoms with Crippen LogP contribution in [0.3, 0.4) is 0 Å². The van der Waals surface area contributed by atoms with Gasteiger partial charge in [-0.1, -0.05) is 11.6 Å². The molecule has 1 atom stereocenters. The van der Waals surface area contributed by atoms with Gasteiger partial charge in [-0.3, -0.25) is 9.36 Å². The zero-order valence-corrected chi connectivity index (χ0v) is 11.6. The smallest absolute Gasteiger partial charge is 0.261 e. The lowest BCUT2D eigenvalue weighted by molar-refractivity contribution is -0.0947. The van der Waals surface area contributed by atoms with Gasteiger partial charge in [-0.2, -0.15) is 0 Å². The van der Waals surface area contributed by atoms with Crippen molar-refractivity contribution in [3.05, 3.63) is 39.9 Å². The topological polar surface area (TPSA) is 64.4 Å². The van der Waals surface area contributed by atoms with E-state index in [1.807, 2.05) is 0 Å². The Balaban J connectivity index is 2.00. The molecule has 0 aliphatic carbocycles. The van der Waals surface area contributed by atoms with Crippen molar-refractivity contribution in [3.63, 3.8) is 0 Å². The Hall–Kier alpha value is -1.43. The van der Waals surface area contributed by atoms with Crippen molar-refractivity contribution in [2.75, 3.05) is 13.2 Å². The first-order valence-electron chi connectivity index (χ1n) is 6.52. The van der Waals surface area contributed by atoms with E-state index in [4.69, 9.17) is 16.3 Å². The van der Waals surface area contributed by atoms with Crippen molar-refractivity contribution < 1.29 is 9.84 Å². The largest absolute Gasteiger partial charge is 0.386 e. The minimum Gasteiger partial charge on any atom is -0.386 e. The zero-order chi connectivity index (χ0) is 14.2. The van der Waals surface area contributed by atoms with Crippen molar-refractivity contribution in [1.82, 2.24) is 9.55 Å². The molecule has 1 aliphatic heterocycles. The van der Waals surface area contributed by atoms with Gasteiger partial charge in [0.1, 0.15) is 5.60 Å². The van der Waals surface area contributed by atoms with Gasteiger partial charge in [-0.05, 0) is 31.0 Å². The molecular formula is C14H15ClN2O3. The normalized spacial score (nSPS) is 23.1. The fourth-order valence-electron chi connectivity index (χ4n) is 2.52. The summed E-state index contributed by atoms with van der Waals surface area (Å²) in [5.41, 5.74) is -0.602. The van der Waals surface area contributed by atoms with Crippen LogP contribution in [-0.2, 0) is 11.3 Å². The summed E-state index contributed by atoms with van der Waals surface area (Å²) in [5.74, 6) is 0. The van der Waals surface area contributed by atoms with Gasteiger partial charge in [0.05, 0.1) is 30.4 Å². The van der Waals surface area contributed by atoms with E-state index < -0.39 is 5.60 Å². The number of hydrogen-bond acceptors (Lipinski definition) is 4. The van der Waals surface area contributed by atoms with Crippen molar-refractivity contribution in [2.45, 2.75) is 25.0 Å². The molecule has 1 aromatic carbocycles. The van der Waals surface area contributed by atoms with Gasteiger partial charge >= 0.3 is 0 Å². The number of hydrogen-bond donors (Lipinski definition) is 1. The highest BCUT2D eigenvalue weighted by Crippen LogP contribution is 2.21. The van der Waals surface area contributed by atoms with Gasteiger partial charge in [0.2, 0.25) is 0 Å². The lowest BCUT2D eigenvalue weighted by atomic mass is 9.96. The van der Waals surface area contributed by atoms with E-state index in [0.29, 0.717) is 29.0 Å². The number of ether oxygens (including phenoxy) is 1. The summed E-state index contributed by atoms with van der Waals surface area (Å²) in [4.78, 5) is 16.6. The SMILES string of the molecule is O=c1c2cc(Cl)ccc2ncn1CC1(O)CCCOC1. The standard InChI is InChI=1S/C14H15ClN2O3/c15-10-2-3-12-11(6-10)13(18)17(9-16-12)7-14(19)4-1-5-20-8-14/h2-3,6,9,19H,1,4-5,7-8H2. The molecular weight excluding hydrogens is 280 g/mol. The maximum absolute atomic E-state index is 12.4. The molecule has 2 heterocycles. The third-order valence-corrected chi connectivity index (χ3v) is 3.79. The Kier molecular flexibility index (Phi) is 3.50. The molecule has 0 saturated carbocycles. The molecule has 1 N–H and O–H groups in total. The van der Waals surface area contributed by atoms with Gasteiger partial charge in [-0.25, -0.2) is 4.98 Å². The van der Waals surface area contributed by atoms with Gasteiger partial charge in [0.25, 0.3) is 5.56 Å². The number of nitrogens with zero attached hydrogens (tertiary/aromatic N) is 2. The van der Waals surface area contributed by atoms with Crippen LogP contribution in [0.5, 0.6) is 0 Å². The Morgan fingerprint density at radius 2 is 2.35 bits per heavy atom. The van der Waals surface area contributed by atoms with Crippen LogP contribution in [0.25, 0.3) is 10.9 Å². The van der Waals surface area contributed by atoms with Crippen LogP contribution in [0.1, 0.15) is 12.8 Å². The maximum atomic E-state index is 12.4. The van der Waals surface area contributed by atoms with E-state index in [2.05, 4.69) is 4.98 Å². The second-order valence-electron chi connectivity index (χ2n) is 5.22. The monoisotopic (exact) mass is 294 g/mol. The lowest BCUT2D eigenvalue weighted by Gasteiger charge is -2.32. The van der Waals surface area contributed by atoms with Crippen LogP contribution in [0.4, 0.5) is 0 Å². The molecule has 0 amide bonds. The molecule has 1 saturated heterocycles. The first kappa shape index (κ1) is 13.5. The number of aromatic nitrogens is 2. The highest BCUT2D eigenvalue weighted by Gasteiger charge is 2.31. The van der Waals surface area contributed by atoms with E-state index in [0.717, 1.165) is 6.42 Å². The predicted molar refractivity (Wildman–Crippen MR) is 76.0 cm³/mol. The van der Waals surface area contributed by atoms with E-state index >= 15 is 0 Å². The van der Waals surface area contributed by atoms with Crippen LogP contribution >= 0.6 is 11.6 Å². The van der Waals surface area contributed by atoms with Gasteiger partial charge in [-0.15, -0.1) is 0 Å². The maximum Gasteiger partial charge on any atom is 0.261 e. The minimum atomic E-state index is -1.00. The molecule has 5 nitrogen and oxygen atoms in total. The van der Waals surface area contributed by atoms with Crippen LogP contribution in [0.15, 0.2) is 29.3 Å². The van der Waals surface area contributed by atoms with Crippen LogP contribution < -0.4 is 5.56 Å². The Bertz CT molecular complexity index is 692. The average Bonchev–Trinajstić information content (AvgIpc) is 2.43. The molecule has 3 rings (SSSR count). The molecule has 1 aromatic heterocycles.